The highest BCUT2D eigenvalue weighted by Crippen LogP contribution is 2.38. The molecule has 4 nitrogen and oxygen atoms in total. The second kappa shape index (κ2) is 7.66. The Kier molecular flexibility index (Phi) is 5.88. The summed E-state index contributed by atoms with van der Waals surface area (Å²) in [6.07, 6.45) is 1.15. The van der Waals surface area contributed by atoms with Gasteiger partial charge in [0.15, 0.2) is 0 Å². The average molecular weight is 292 g/mol. The lowest BCUT2D eigenvalue weighted by molar-refractivity contribution is 0.126. The molecule has 0 aromatic heterocycles. The third kappa shape index (κ3) is 3.69. The van der Waals surface area contributed by atoms with Gasteiger partial charge in [0.25, 0.3) is 0 Å². The molecule has 21 heavy (non-hydrogen) atoms. The van der Waals surface area contributed by atoms with Crippen molar-refractivity contribution in [3.8, 4) is 11.5 Å². The number of hydrogen-bond acceptors (Lipinski definition) is 4. The van der Waals surface area contributed by atoms with Crippen molar-refractivity contribution in [3.05, 3.63) is 23.8 Å². The fourth-order valence-electron chi connectivity index (χ4n) is 3.12. The van der Waals surface area contributed by atoms with Crippen LogP contribution in [0, 0.1) is 5.92 Å². The number of benzene rings is 1. The van der Waals surface area contributed by atoms with Crippen LogP contribution in [0.2, 0.25) is 0 Å². The van der Waals surface area contributed by atoms with Gasteiger partial charge in [0.2, 0.25) is 0 Å². The highest BCUT2D eigenvalue weighted by atomic mass is 16.5. The molecule has 1 heterocycles. The normalized spacial score (nSPS) is 19.0. The molecule has 1 aliphatic rings. The van der Waals surface area contributed by atoms with E-state index in [0.29, 0.717) is 12.0 Å². The van der Waals surface area contributed by atoms with Gasteiger partial charge in [0, 0.05) is 37.8 Å². The minimum atomic E-state index is 0.377. The summed E-state index contributed by atoms with van der Waals surface area (Å²) in [5.41, 5.74) is 1.24. The molecule has 2 atom stereocenters. The first-order valence-corrected chi connectivity index (χ1v) is 7.88. The summed E-state index contributed by atoms with van der Waals surface area (Å²) < 4.78 is 11.0. The number of methoxy groups -OCH3 is 2. The van der Waals surface area contributed by atoms with Crippen LogP contribution in [0.5, 0.6) is 11.5 Å². The minimum absolute atomic E-state index is 0.377. The maximum atomic E-state index is 5.61. The summed E-state index contributed by atoms with van der Waals surface area (Å²) in [4.78, 5) is 2.57. The maximum Gasteiger partial charge on any atom is 0.123 e. The molecule has 1 saturated heterocycles. The predicted octanol–water partition coefficient (Wildman–Crippen LogP) is 2.70. The standard InChI is InChI=1S/C17H28N2O2/c1-5-13(2)17(19-10-8-18-9-11-19)15-12-14(20-3)6-7-16(15)21-4/h6-7,12-13,17-18H,5,8-11H2,1-4H3/t13?,17-/m1/s1. The maximum absolute atomic E-state index is 5.61. The summed E-state index contributed by atoms with van der Waals surface area (Å²) in [5.74, 6) is 2.43. The molecule has 1 aromatic rings. The molecule has 1 aliphatic heterocycles. The Morgan fingerprint density at radius 3 is 2.48 bits per heavy atom. The highest BCUT2D eigenvalue weighted by molar-refractivity contribution is 5.42. The van der Waals surface area contributed by atoms with Crippen LogP contribution in [0.1, 0.15) is 31.9 Å². The SMILES string of the molecule is CCC(C)[C@H](c1cc(OC)ccc1OC)N1CCNCC1. The lowest BCUT2D eigenvalue weighted by atomic mass is 9.89. The zero-order chi connectivity index (χ0) is 15.2. The van der Waals surface area contributed by atoms with Crippen molar-refractivity contribution in [2.24, 2.45) is 5.92 Å². The number of nitrogens with zero attached hydrogens (tertiary/aromatic N) is 1. The molecule has 1 aromatic carbocycles. The minimum Gasteiger partial charge on any atom is -0.497 e. The molecule has 1 unspecified atom stereocenters. The Morgan fingerprint density at radius 1 is 1.19 bits per heavy atom. The van der Waals surface area contributed by atoms with Crippen LogP contribution in [0.4, 0.5) is 0 Å². The Balaban J connectivity index is 2.38. The van der Waals surface area contributed by atoms with Gasteiger partial charge in [-0.3, -0.25) is 4.90 Å². The van der Waals surface area contributed by atoms with E-state index >= 15 is 0 Å². The molecular weight excluding hydrogens is 264 g/mol. The Hall–Kier alpha value is -1.26. The molecule has 1 fully saturated rings. The molecule has 1 N–H and O–H groups in total. The van der Waals surface area contributed by atoms with Crippen LogP contribution in [0.15, 0.2) is 18.2 Å². The first-order chi connectivity index (χ1) is 10.2. The largest absolute Gasteiger partial charge is 0.497 e. The van der Waals surface area contributed by atoms with Crippen molar-refractivity contribution >= 4 is 0 Å². The van der Waals surface area contributed by atoms with E-state index < -0.39 is 0 Å². The topological polar surface area (TPSA) is 33.7 Å². The van der Waals surface area contributed by atoms with Gasteiger partial charge in [-0.2, -0.15) is 0 Å². The van der Waals surface area contributed by atoms with Crippen LogP contribution in [0.25, 0.3) is 0 Å². The third-order valence-corrected chi connectivity index (χ3v) is 4.48. The van der Waals surface area contributed by atoms with Crippen LogP contribution in [-0.2, 0) is 0 Å². The van der Waals surface area contributed by atoms with Gasteiger partial charge in [-0.15, -0.1) is 0 Å². The van der Waals surface area contributed by atoms with Crippen molar-refractivity contribution in [3.63, 3.8) is 0 Å². The fraction of sp³-hybridized carbons (Fsp3) is 0.647. The molecule has 0 aliphatic carbocycles. The van der Waals surface area contributed by atoms with E-state index in [9.17, 15) is 0 Å². The molecular formula is C17H28N2O2. The van der Waals surface area contributed by atoms with Crippen molar-refractivity contribution in [2.45, 2.75) is 26.3 Å². The number of nitrogens with one attached hydrogen (secondary N) is 1. The smallest absolute Gasteiger partial charge is 0.123 e. The predicted molar refractivity (Wildman–Crippen MR) is 86.2 cm³/mol. The van der Waals surface area contributed by atoms with Crippen molar-refractivity contribution < 1.29 is 9.47 Å². The number of rotatable bonds is 6. The highest BCUT2D eigenvalue weighted by Gasteiger charge is 2.29. The quantitative estimate of drug-likeness (QED) is 0.874. The van der Waals surface area contributed by atoms with E-state index in [1.807, 2.05) is 12.1 Å². The molecule has 0 saturated carbocycles. The van der Waals surface area contributed by atoms with Gasteiger partial charge in [0.1, 0.15) is 11.5 Å². The summed E-state index contributed by atoms with van der Waals surface area (Å²) in [6.45, 7) is 8.85. The molecule has 0 amide bonds. The van der Waals surface area contributed by atoms with E-state index in [1.54, 1.807) is 14.2 Å². The van der Waals surface area contributed by atoms with Crippen LogP contribution in [0.3, 0.4) is 0 Å². The van der Waals surface area contributed by atoms with Gasteiger partial charge in [0.05, 0.1) is 14.2 Å². The summed E-state index contributed by atoms with van der Waals surface area (Å²) in [5, 5.41) is 3.43. The average Bonchev–Trinajstić information content (AvgIpc) is 2.55. The summed E-state index contributed by atoms with van der Waals surface area (Å²) in [6, 6.07) is 6.50. The van der Waals surface area contributed by atoms with E-state index in [-0.39, 0.29) is 0 Å². The fourth-order valence-corrected chi connectivity index (χ4v) is 3.12. The second-order valence-electron chi connectivity index (χ2n) is 5.72. The zero-order valence-corrected chi connectivity index (χ0v) is 13.7. The number of ether oxygens (including phenoxy) is 2. The lowest BCUT2D eigenvalue weighted by Crippen LogP contribution is -2.46. The van der Waals surface area contributed by atoms with Crippen molar-refractivity contribution in [1.82, 2.24) is 10.2 Å². The molecule has 118 valence electrons. The molecule has 0 radical (unpaired) electrons. The van der Waals surface area contributed by atoms with Crippen LogP contribution >= 0.6 is 0 Å². The first kappa shape index (κ1) is 16.1. The molecule has 4 heteroatoms. The van der Waals surface area contributed by atoms with Gasteiger partial charge < -0.3 is 14.8 Å². The lowest BCUT2D eigenvalue weighted by Gasteiger charge is -2.39. The van der Waals surface area contributed by atoms with E-state index in [0.717, 1.165) is 44.1 Å². The molecule has 2 rings (SSSR count). The van der Waals surface area contributed by atoms with E-state index in [2.05, 4.69) is 30.1 Å². The summed E-state index contributed by atoms with van der Waals surface area (Å²) >= 11 is 0. The first-order valence-electron chi connectivity index (χ1n) is 7.88. The van der Waals surface area contributed by atoms with Crippen LogP contribution in [-0.4, -0.2) is 45.3 Å². The monoisotopic (exact) mass is 292 g/mol. The van der Waals surface area contributed by atoms with Gasteiger partial charge >= 0.3 is 0 Å². The van der Waals surface area contributed by atoms with Crippen molar-refractivity contribution in [2.75, 3.05) is 40.4 Å². The molecule has 0 bridgehead atoms. The number of piperazine rings is 1. The third-order valence-electron chi connectivity index (χ3n) is 4.48. The second-order valence-corrected chi connectivity index (χ2v) is 5.72. The number of hydrogen-bond donors (Lipinski definition) is 1. The Labute approximate surface area is 128 Å². The zero-order valence-electron chi connectivity index (χ0n) is 13.7. The summed E-state index contributed by atoms with van der Waals surface area (Å²) in [7, 11) is 3.46. The van der Waals surface area contributed by atoms with Gasteiger partial charge in [-0.1, -0.05) is 20.3 Å². The molecule has 0 spiro atoms. The van der Waals surface area contributed by atoms with Gasteiger partial charge in [-0.25, -0.2) is 0 Å². The van der Waals surface area contributed by atoms with E-state index in [1.165, 1.54) is 5.56 Å². The van der Waals surface area contributed by atoms with Crippen molar-refractivity contribution in [1.29, 1.82) is 0 Å². The van der Waals surface area contributed by atoms with Crippen LogP contribution < -0.4 is 14.8 Å². The van der Waals surface area contributed by atoms with E-state index in [4.69, 9.17) is 9.47 Å². The van der Waals surface area contributed by atoms with Gasteiger partial charge in [-0.05, 0) is 24.1 Å². The Morgan fingerprint density at radius 2 is 1.90 bits per heavy atom. The Bertz CT molecular complexity index is 444.